The number of nitrogens with one attached hydrogen (secondary N) is 1. The van der Waals surface area contributed by atoms with Crippen molar-refractivity contribution in [2.45, 2.75) is 25.2 Å². The van der Waals surface area contributed by atoms with Gasteiger partial charge >= 0.3 is 5.97 Å². The molecule has 2 aromatic heterocycles. The Morgan fingerprint density at radius 1 is 1.59 bits per heavy atom. The maximum atomic E-state index is 10.8. The number of aromatic nitrogens is 2. The van der Waals surface area contributed by atoms with Crippen LogP contribution in [0, 0.1) is 0 Å². The summed E-state index contributed by atoms with van der Waals surface area (Å²) < 4.78 is 0. The van der Waals surface area contributed by atoms with E-state index >= 15 is 0 Å². The van der Waals surface area contributed by atoms with Crippen molar-refractivity contribution in [3.63, 3.8) is 0 Å². The number of thiazole rings is 1. The third-order valence-corrected chi connectivity index (χ3v) is 4.38. The number of carbonyl (C=O) groups is 1. The van der Waals surface area contributed by atoms with Gasteiger partial charge in [-0.1, -0.05) is 6.92 Å². The fourth-order valence-corrected chi connectivity index (χ4v) is 2.80. The molecule has 1 aliphatic rings. The van der Waals surface area contributed by atoms with Gasteiger partial charge in [0.15, 0.2) is 0 Å². The summed E-state index contributed by atoms with van der Waals surface area (Å²) in [5.74, 6) is -0.944. The van der Waals surface area contributed by atoms with Crippen LogP contribution in [0.3, 0.4) is 0 Å². The first-order valence-corrected chi connectivity index (χ1v) is 6.34. The highest BCUT2D eigenvalue weighted by molar-refractivity contribution is 7.10. The Hall–Kier alpha value is -1.62. The lowest BCUT2D eigenvalue weighted by Gasteiger charge is -2.00. The Kier molecular flexibility index (Phi) is 2.13. The van der Waals surface area contributed by atoms with E-state index in [0.717, 1.165) is 16.3 Å². The van der Waals surface area contributed by atoms with Gasteiger partial charge in [-0.05, 0) is 18.9 Å². The molecule has 0 saturated heterocycles. The molecular weight excluding hydrogens is 236 g/mol. The molecule has 1 fully saturated rings. The van der Waals surface area contributed by atoms with E-state index in [2.05, 4.69) is 16.9 Å². The zero-order valence-corrected chi connectivity index (χ0v) is 10.2. The number of hydrogen-bond acceptors (Lipinski definition) is 3. The van der Waals surface area contributed by atoms with Gasteiger partial charge in [0.1, 0.15) is 5.69 Å². The number of hydrogen-bond donors (Lipinski definition) is 2. The molecular formula is C12H12N2O2S. The van der Waals surface area contributed by atoms with Crippen molar-refractivity contribution in [3.05, 3.63) is 28.3 Å². The van der Waals surface area contributed by atoms with Crippen molar-refractivity contribution in [2.75, 3.05) is 0 Å². The molecule has 5 heteroatoms. The fourth-order valence-electron chi connectivity index (χ4n) is 1.75. The molecule has 1 aliphatic carbocycles. The molecule has 2 aromatic rings. The topological polar surface area (TPSA) is 66.0 Å². The van der Waals surface area contributed by atoms with E-state index in [-0.39, 0.29) is 11.1 Å². The molecule has 0 aromatic carbocycles. The van der Waals surface area contributed by atoms with Crippen LogP contribution in [0.1, 0.15) is 35.3 Å². The Bertz CT molecular complexity index is 581. The largest absolute Gasteiger partial charge is 0.477 e. The molecule has 2 N–H and O–H groups in total. The van der Waals surface area contributed by atoms with E-state index in [1.807, 2.05) is 5.38 Å². The lowest BCUT2D eigenvalue weighted by Crippen LogP contribution is -1.97. The van der Waals surface area contributed by atoms with Gasteiger partial charge in [-0.3, -0.25) is 0 Å². The summed E-state index contributed by atoms with van der Waals surface area (Å²) >= 11 is 1.66. The van der Waals surface area contributed by atoms with E-state index in [0.29, 0.717) is 0 Å². The van der Waals surface area contributed by atoms with Gasteiger partial charge in [-0.2, -0.15) is 0 Å². The maximum absolute atomic E-state index is 10.8. The number of rotatable bonds is 3. The van der Waals surface area contributed by atoms with E-state index in [4.69, 9.17) is 5.11 Å². The van der Waals surface area contributed by atoms with Crippen LogP contribution in [-0.2, 0) is 5.41 Å². The third-order valence-electron chi connectivity index (χ3n) is 3.23. The van der Waals surface area contributed by atoms with Gasteiger partial charge in [0.2, 0.25) is 0 Å². The van der Waals surface area contributed by atoms with Gasteiger partial charge in [-0.25, -0.2) is 9.78 Å². The van der Waals surface area contributed by atoms with Gasteiger partial charge in [-0.15, -0.1) is 11.3 Å². The minimum Gasteiger partial charge on any atom is -0.477 e. The number of carboxylic acids is 1. The highest BCUT2D eigenvalue weighted by Crippen LogP contribution is 2.49. The van der Waals surface area contributed by atoms with E-state index in [9.17, 15) is 4.79 Å². The molecule has 3 rings (SSSR count). The average Bonchev–Trinajstić information content (AvgIpc) is 2.78. The van der Waals surface area contributed by atoms with Crippen LogP contribution in [0.2, 0.25) is 0 Å². The zero-order valence-electron chi connectivity index (χ0n) is 9.36. The van der Waals surface area contributed by atoms with Crippen molar-refractivity contribution in [3.8, 4) is 11.3 Å². The second-order valence-electron chi connectivity index (χ2n) is 4.71. The van der Waals surface area contributed by atoms with Gasteiger partial charge in [0.25, 0.3) is 0 Å². The molecule has 88 valence electrons. The summed E-state index contributed by atoms with van der Waals surface area (Å²) in [6.45, 7) is 2.22. The molecule has 0 amide bonds. The second kappa shape index (κ2) is 3.43. The molecule has 0 aliphatic heterocycles. The molecule has 1 saturated carbocycles. The summed E-state index contributed by atoms with van der Waals surface area (Å²) in [6, 6.07) is 1.62. The standard InChI is InChI=1S/C12H12N2O2S/c1-12(2-3-12)11-14-9(6-17-11)7-4-8(10(15)16)13-5-7/h4-6,13H,2-3H2,1H3,(H,15,16). The van der Waals surface area contributed by atoms with Crippen LogP contribution in [0.15, 0.2) is 17.6 Å². The zero-order chi connectivity index (χ0) is 12.0. The van der Waals surface area contributed by atoms with Crippen molar-refractivity contribution in [2.24, 2.45) is 0 Å². The average molecular weight is 248 g/mol. The van der Waals surface area contributed by atoms with Crippen LogP contribution in [-0.4, -0.2) is 21.0 Å². The van der Waals surface area contributed by atoms with Crippen LogP contribution in [0.4, 0.5) is 0 Å². The first-order chi connectivity index (χ1) is 8.08. The highest BCUT2D eigenvalue weighted by atomic mass is 32.1. The van der Waals surface area contributed by atoms with E-state index in [1.54, 1.807) is 23.6 Å². The Morgan fingerprint density at radius 2 is 2.35 bits per heavy atom. The van der Waals surface area contributed by atoms with Crippen molar-refractivity contribution < 1.29 is 9.90 Å². The minimum absolute atomic E-state index is 0.201. The SMILES string of the molecule is CC1(c2nc(-c3c[nH]c(C(=O)O)c3)cs2)CC1. The number of H-pyrrole nitrogens is 1. The minimum atomic E-state index is -0.944. The molecule has 0 unspecified atom stereocenters. The van der Waals surface area contributed by atoms with E-state index < -0.39 is 5.97 Å². The number of aromatic carboxylic acids is 1. The van der Waals surface area contributed by atoms with Crippen LogP contribution >= 0.6 is 11.3 Å². The second-order valence-corrected chi connectivity index (χ2v) is 5.56. The molecule has 17 heavy (non-hydrogen) atoms. The smallest absolute Gasteiger partial charge is 0.352 e. The predicted octanol–water partition coefficient (Wildman–Crippen LogP) is 2.89. The summed E-state index contributed by atoms with van der Waals surface area (Å²) in [7, 11) is 0. The molecule has 0 atom stereocenters. The van der Waals surface area contributed by atoms with Gasteiger partial charge in [0, 0.05) is 22.6 Å². The lowest BCUT2D eigenvalue weighted by atomic mass is 10.1. The van der Waals surface area contributed by atoms with E-state index in [1.165, 1.54) is 12.8 Å². The third kappa shape index (κ3) is 1.76. The van der Waals surface area contributed by atoms with Crippen LogP contribution < -0.4 is 0 Å². The first-order valence-electron chi connectivity index (χ1n) is 5.47. The normalized spacial score (nSPS) is 17.0. The molecule has 0 spiro atoms. The van der Waals surface area contributed by atoms with Crippen molar-refractivity contribution in [1.82, 2.24) is 9.97 Å². The van der Waals surface area contributed by atoms with Gasteiger partial charge in [0.05, 0.1) is 10.7 Å². The summed E-state index contributed by atoms with van der Waals surface area (Å²) in [5.41, 5.74) is 2.18. The molecule has 0 radical (unpaired) electrons. The quantitative estimate of drug-likeness (QED) is 0.877. The van der Waals surface area contributed by atoms with Crippen LogP contribution in [0.5, 0.6) is 0 Å². The summed E-state index contributed by atoms with van der Waals surface area (Å²) in [4.78, 5) is 18.1. The summed E-state index contributed by atoms with van der Waals surface area (Å²) in [6.07, 6.45) is 4.10. The van der Waals surface area contributed by atoms with Gasteiger partial charge < -0.3 is 10.1 Å². The Balaban J connectivity index is 1.92. The molecule has 4 nitrogen and oxygen atoms in total. The Labute approximate surface area is 102 Å². The number of nitrogens with zero attached hydrogens (tertiary/aromatic N) is 1. The van der Waals surface area contributed by atoms with Crippen molar-refractivity contribution in [1.29, 1.82) is 0 Å². The maximum Gasteiger partial charge on any atom is 0.352 e. The predicted molar refractivity (Wildman–Crippen MR) is 65.4 cm³/mol. The summed E-state index contributed by atoms with van der Waals surface area (Å²) in [5, 5.41) is 12.0. The molecule has 0 bridgehead atoms. The Morgan fingerprint density at radius 3 is 2.94 bits per heavy atom. The van der Waals surface area contributed by atoms with Crippen LogP contribution in [0.25, 0.3) is 11.3 Å². The first kappa shape index (κ1) is 10.5. The fraction of sp³-hybridized carbons (Fsp3) is 0.333. The number of aromatic amines is 1. The highest BCUT2D eigenvalue weighted by Gasteiger charge is 2.41. The number of carboxylic acid groups (broad SMARTS) is 1. The monoisotopic (exact) mass is 248 g/mol. The lowest BCUT2D eigenvalue weighted by molar-refractivity contribution is 0.0691. The molecule has 2 heterocycles. The van der Waals surface area contributed by atoms with Crippen molar-refractivity contribution >= 4 is 17.3 Å².